The van der Waals surface area contributed by atoms with Gasteiger partial charge >= 0.3 is 0 Å². The number of nitrogens with zero attached hydrogens (tertiary/aromatic N) is 1. The Labute approximate surface area is 129 Å². The summed E-state index contributed by atoms with van der Waals surface area (Å²) in [5, 5.41) is 7.49. The third-order valence-electron chi connectivity index (χ3n) is 3.06. The van der Waals surface area contributed by atoms with Crippen molar-refractivity contribution in [2.45, 2.75) is 15.0 Å². The van der Waals surface area contributed by atoms with Gasteiger partial charge in [0.1, 0.15) is 0 Å². The average molecular weight is 335 g/mol. The average Bonchev–Trinajstić information content (AvgIpc) is 2.54. The Kier molecular flexibility index (Phi) is 4.64. The molecular weight excluding hydrogens is 322 g/mol. The standard InChI is InChI=1S/C15H13NO4S2/c16-11-15(22(19,20)14-9-5-2-6-10-14)12-21(17,18)13-7-3-1-4-8-13/h1-10,15H,12H2. The highest BCUT2D eigenvalue weighted by Crippen LogP contribution is 2.20. The molecule has 1 unspecified atom stereocenters. The minimum Gasteiger partial charge on any atom is -0.224 e. The van der Waals surface area contributed by atoms with Crippen LogP contribution >= 0.6 is 0 Å². The van der Waals surface area contributed by atoms with Gasteiger partial charge in [-0.25, -0.2) is 16.8 Å². The van der Waals surface area contributed by atoms with Crippen LogP contribution in [-0.2, 0) is 19.7 Å². The van der Waals surface area contributed by atoms with Gasteiger partial charge in [0.15, 0.2) is 24.9 Å². The molecule has 0 saturated carbocycles. The van der Waals surface area contributed by atoms with Gasteiger partial charge in [0.2, 0.25) is 0 Å². The van der Waals surface area contributed by atoms with Crippen molar-refractivity contribution in [3.63, 3.8) is 0 Å². The Hall–Kier alpha value is -2.17. The van der Waals surface area contributed by atoms with Crippen LogP contribution in [0.1, 0.15) is 0 Å². The third-order valence-corrected chi connectivity index (χ3v) is 6.99. The second kappa shape index (κ2) is 6.30. The molecule has 5 nitrogen and oxygen atoms in total. The van der Waals surface area contributed by atoms with E-state index >= 15 is 0 Å². The molecule has 0 fully saturated rings. The predicted molar refractivity (Wildman–Crippen MR) is 81.5 cm³/mol. The zero-order chi connectivity index (χ0) is 16.2. The van der Waals surface area contributed by atoms with Gasteiger partial charge in [0, 0.05) is 0 Å². The third kappa shape index (κ3) is 3.35. The molecule has 114 valence electrons. The zero-order valence-electron chi connectivity index (χ0n) is 11.5. The molecule has 2 aromatic rings. The van der Waals surface area contributed by atoms with Crippen LogP contribution in [0.4, 0.5) is 0 Å². The summed E-state index contributed by atoms with van der Waals surface area (Å²) in [4.78, 5) is -0.0664. The first-order valence-corrected chi connectivity index (χ1v) is 9.54. The fraction of sp³-hybridized carbons (Fsp3) is 0.133. The summed E-state index contributed by atoms with van der Waals surface area (Å²) in [5.74, 6) is -0.773. The number of hydrogen-bond acceptors (Lipinski definition) is 5. The Bertz CT molecular complexity index is 884. The van der Waals surface area contributed by atoms with Gasteiger partial charge in [-0.3, -0.25) is 0 Å². The predicted octanol–water partition coefficient (Wildman–Crippen LogP) is 1.83. The van der Waals surface area contributed by atoms with Crippen molar-refractivity contribution in [3.05, 3.63) is 60.7 Å². The Morgan fingerprint density at radius 2 is 1.27 bits per heavy atom. The van der Waals surface area contributed by atoms with Crippen LogP contribution in [0.15, 0.2) is 70.5 Å². The van der Waals surface area contributed by atoms with Crippen LogP contribution < -0.4 is 0 Å². The van der Waals surface area contributed by atoms with E-state index in [2.05, 4.69) is 0 Å². The summed E-state index contributed by atoms with van der Waals surface area (Å²) >= 11 is 0. The number of hydrogen-bond donors (Lipinski definition) is 0. The van der Waals surface area contributed by atoms with Crippen molar-refractivity contribution in [3.8, 4) is 6.07 Å². The van der Waals surface area contributed by atoms with E-state index in [1.54, 1.807) is 30.3 Å². The lowest BCUT2D eigenvalue weighted by Gasteiger charge is -2.11. The molecule has 0 N–H and O–H groups in total. The second-order valence-electron chi connectivity index (χ2n) is 4.57. The monoisotopic (exact) mass is 335 g/mol. The van der Waals surface area contributed by atoms with E-state index < -0.39 is 30.7 Å². The lowest BCUT2D eigenvalue weighted by molar-refractivity contribution is 0.582. The van der Waals surface area contributed by atoms with Gasteiger partial charge in [-0.2, -0.15) is 5.26 Å². The topological polar surface area (TPSA) is 92.1 Å². The largest absolute Gasteiger partial charge is 0.224 e. The first kappa shape index (κ1) is 16.2. The van der Waals surface area contributed by atoms with Gasteiger partial charge in [-0.15, -0.1) is 0 Å². The van der Waals surface area contributed by atoms with Crippen molar-refractivity contribution >= 4 is 19.7 Å². The second-order valence-corrected chi connectivity index (χ2v) is 8.73. The number of sulfone groups is 2. The molecule has 7 heteroatoms. The first-order valence-electron chi connectivity index (χ1n) is 6.34. The number of rotatable bonds is 5. The van der Waals surface area contributed by atoms with Crippen molar-refractivity contribution in [2.75, 3.05) is 5.75 Å². The highest BCUT2D eigenvalue weighted by atomic mass is 32.2. The van der Waals surface area contributed by atoms with E-state index in [0.29, 0.717) is 0 Å². The maximum absolute atomic E-state index is 12.4. The fourth-order valence-electron chi connectivity index (χ4n) is 1.89. The molecule has 0 aliphatic carbocycles. The Morgan fingerprint density at radius 1 is 0.818 bits per heavy atom. The van der Waals surface area contributed by atoms with Crippen molar-refractivity contribution < 1.29 is 16.8 Å². The lowest BCUT2D eigenvalue weighted by atomic mass is 10.4. The summed E-state index contributed by atoms with van der Waals surface area (Å²) in [5.41, 5.74) is 0. The Morgan fingerprint density at radius 3 is 1.73 bits per heavy atom. The molecule has 0 aromatic heterocycles. The van der Waals surface area contributed by atoms with Crippen molar-refractivity contribution in [1.82, 2.24) is 0 Å². The summed E-state index contributed by atoms with van der Waals surface area (Å²) in [6, 6.07) is 16.5. The molecule has 0 heterocycles. The maximum atomic E-state index is 12.4. The van der Waals surface area contributed by atoms with E-state index in [4.69, 9.17) is 5.26 Å². The van der Waals surface area contributed by atoms with Gasteiger partial charge in [0.25, 0.3) is 0 Å². The first-order chi connectivity index (χ1) is 10.4. The van der Waals surface area contributed by atoms with Crippen molar-refractivity contribution in [2.24, 2.45) is 0 Å². The quantitative estimate of drug-likeness (QED) is 0.831. The molecule has 0 aliphatic heterocycles. The molecular formula is C15H13NO4S2. The molecule has 0 aliphatic rings. The van der Waals surface area contributed by atoms with Crippen LogP contribution in [0.5, 0.6) is 0 Å². The van der Waals surface area contributed by atoms with Crippen LogP contribution in [-0.4, -0.2) is 27.8 Å². The van der Waals surface area contributed by atoms with Gasteiger partial charge in [-0.05, 0) is 24.3 Å². The van der Waals surface area contributed by atoms with E-state index in [0.717, 1.165) is 0 Å². The van der Waals surface area contributed by atoms with Crippen LogP contribution in [0.2, 0.25) is 0 Å². The summed E-state index contributed by atoms with van der Waals surface area (Å²) in [6.07, 6.45) is 0. The highest BCUT2D eigenvalue weighted by molar-refractivity contribution is 7.95. The molecule has 0 bridgehead atoms. The normalized spacial score (nSPS) is 13.2. The molecule has 2 rings (SSSR count). The number of nitriles is 1. The molecule has 1 atom stereocenters. The number of benzene rings is 2. The Balaban J connectivity index is 2.37. The molecule has 0 saturated heterocycles. The molecule has 22 heavy (non-hydrogen) atoms. The summed E-state index contributed by atoms with van der Waals surface area (Å²) < 4.78 is 49.3. The van der Waals surface area contributed by atoms with Gasteiger partial charge < -0.3 is 0 Å². The van der Waals surface area contributed by atoms with Crippen LogP contribution in [0.25, 0.3) is 0 Å². The minimum absolute atomic E-state index is 0.00138. The highest BCUT2D eigenvalue weighted by Gasteiger charge is 2.32. The zero-order valence-corrected chi connectivity index (χ0v) is 13.1. The van der Waals surface area contributed by atoms with E-state index in [1.807, 2.05) is 0 Å². The van der Waals surface area contributed by atoms with Crippen molar-refractivity contribution in [1.29, 1.82) is 5.26 Å². The van der Waals surface area contributed by atoms with E-state index in [9.17, 15) is 16.8 Å². The van der Waals surface area contributed by atoms with Crippen LogP contribution in [0.3, 0.4) is 0 Å². The summed E-state index contributed by atoms with van der Waals surface area (Å²) in [7, 11) is -7.90. The maximum Gasteiger partial charge on any atom is 0.195 e. The van der Waals surface area contributed by atoms with E-state index in [-0.39, 0.29) is 9.79 Å². The lowest BCUT2D eigenvalue weighted by Crippen LogP contribution is -2.28. The van der Waals surface area contributed by atoms with Gasteiger partial charge in [-0.1, -0.05) is 36.4 Å². The molecule has 2 aromatic carbocycles. The van der Waals surface area contributed by atoms with E-state index in [1.165, 1.54) is 36.4 Å². The molecule has 0 spiro atoms. The minimum atomic E-state index is -4.03. The molecule has 0 radical (unpaired) electrons. The smallest absolute Gasteiger partial charge is 0.195 e. The summed E-state index contributed by atoms with van der Waals surface area (Å²) in [6.45, 7) is 0. The fourth-order valence-corrected chi connectivity index (χ4v) is 5.39. The van der Waals surface area contributed by atoms with Crippen LogP contribution in [0, 0.1) is 11.3 Å². The SMILES string of the molecule is N#CC(CS(=O)(=O)c1ccccc1)S(=O)(=O)c1ccccc1. The molecule has 0 amide bonds. The van der Waals surface area contributed by atoms with Gasteiger partial charge in [0.05, 0.1) is 21.6 Å².